The number of nitrogens with zero attached hydrogens (tertiary/aromatic N) is 3. The summed E-state index contributed by atoms with van der Waals surface area (Å²) in [4.78, 5) is 10.3. The first kappa shape index (κ1) is 22.1. The summed E-state index contributed by atoms with van der Waals surface area (Å²) in [5, 5.41) is 8.28. The molecule has 0 aliphatic rings. The normalized spacial score (nSPS) is 12.7. The lowest BCUT2D eigenvalue weighted by atomic mass is 9.99. The first-order valence-corrected chi connectivity index (χ1v) is 15.2. The lowest BCUT2D eigenvalue weighted by Gasteiger charge is -2.05. The molecular weight excluding hydrogens is 547 g/mol. The van der Waals surface area contributed by atoms with E-state index in [1.807, 2.05) is 47.7 Å². The van der Waals surface area contributed by atoms with E-state index < -0.39 is 0 Å². The maximum absolute atomic E-state index is 6.56. The Bertz CT molecular complexity index is 2960. The van der Waals surface area contributed by atoms with Crippen LogP contribution in [0.5, 0.6) is 0 Å². The van der Waals surface area contributed by atoms with Crippen LogP contribution in [0.4, 0.5) is 0 Å². The SMILES string of the molecule is c1ccc2nc3c(nc2c1)c1c2oc4ccccc4c2cc2c4cc(-c5ccc6sc7ccccc7c6c5)ccc4n3c21. The van der Waals surface area contributed by atoms with Crippen molar-refractivity contribution < 1.29 is 4.42 Å². The summed E-state index contributed by atoms with van der Waals surface area (Å²) >= 11 is 1.85. The molecule has 11 rings (SSSR count). The van der Waals surface area contributed by atoms with Gasteiger partial charge in [-0.15, -0.1) is 11.3 Å². The molecule has 43 heavy (non-hydrogen) atoms. The second-order valence-electron chi connectivity index (χ2n) is 11.4. The second-order valence-corrected chi connectivity index (χ2v) is 12.5. The first-order valence-electron chi connectivity index (χ1n) is 14.4. The number of benzene rings is 6. The molecule has 0 N–H and O–H groups in total. The average molecular weight is 566 g/mol. The molecule has 0 atom stereocenters. The van der Waals surface area contributed by atoms with Crippen molar-refractivity contribution in [1.29, 1.82) is 0 Å². The molecule has 4 nitrogen and oxygen atoms in total. The molecule has 0 saturated carbocycles. The quantitative estimate of drug-likeness (QED) is 0.199. The maximum Gasteiger partial charge on any atom is 0.165 e. The van der Waals surface area contributed by atoms with Gasteiger partial charge in [0.1, 0.15) is 16.7 Å². The van der Waals surface area contributed by atoms with Gasteiger partial charge in [0, 0.05) is 41.7 Å². The Morgan fingerprint density at radius 1 is 0.558 bits per heavy atom. The summed E-state index contributed by atoms with van der Waals surface area (Å²) in [6.07, 6.45) is 0. The zero-order valence-electron chi connectivity index (χ0n) is 22.6. The molecule has 5 heterocycles. The van der Waals surface area contributed by atoms with Crippen LogP contribution >= 0.6 is 11.3 Å². The van der Waals surface area contributed by atoms with Gasteiger partial charge in [-0.25, -0.2) is 9.97 Å². The van der Waals surface area contributed by atoms with Gasteiger partial charge in [-0.3, -0.25) is 4.40 Å². The maximum atomic E-state index is 6.56. The number of thiophene rings is 1. The highest BCUT2D eigenvalue weighted by Crippen LogP contribution is 2.46. The van der Waals surface area contributed by atoms with Gasteiger partial charge in [-0.1, -0.05) is 60.7 Å². The summed E-state index contributed by atoms with van der Waals surface area (Å²) in [5.74, 6) is 0. The van der Waals surface area contributed by atoms with E-state index in [-0.39, 0.29) is 0 Å². The number of furan rings is 1. The van der Waals surface area contributed by atoms with E-state index in [1.54, 1.807) is 0 Å². The molecule has 5 aromatic heterocycles. The van der Waals surface area contributed by atoms with Crippen LogP contribution in [0, 0.1) is 0 Å². The van der Waals surface area contributed by atoms with Crippen molar-refractivity contribution in [3.8, 4) is 11.1 Å². The molecule has 0 bridgehead atoms. The van der Waals surface area contributed by atoms with Gasteiger partial charge in [-0.05, 0) is 65.7 Å². The van der Waals surface area contributed by atoms with Crippen molar-refractivity contribution in [2.75, 3.05) is 0 Å². The predicted molar refractivity (Wildman–Crippen MR) is 180 cm³/mol. The molecule has 0 aliphatic carbocycles. The average Bonchev–Trinajstić information content (AvgIpc) is 3.79. The second kappa shape index (κ2) is 7.65. The smallest absolute Gasteiger partial charge is 0.165 e. The van der Waals surface area contributed by atoms with Crippen molar-refractivity contribution in [3.63, 3.8) is 0 Å². The van der Waals surface area contributed by atoms with Gasteiger partial charge < -0.3 is 4.42 Å². The van der Waals surface area contributed by atoms with Gasteiger partial charge >= 0.3 is 0 Å². The standard InChI is InChI=1S/C38H19N3OS/c1-5-11-31-22(7-1)27-19-26-24-17-20(21-14-16-33-25(18-21)23-8-2-6-12-32(23)43-33)13-15-30(24)41-36(26)34(37(27)42-31)35-38(41)40-29-10-4-3-9-28(29)39-35/h1-19H. The lowest BCUT2D eigenvalue weighted by Crippen LogP contribution is -1.89. The molecule has 0 spiro atoms. The molecule has 0 fully saturated rings. The van der Waals surface area contributed by atoms with E-state index in [0.717, 1.165) is 60.6 Å². The molecule has 5 heteroatoms. The van der Waals surface area contributed by atoms with E-state index in [0.29, 0.717) is 0 Å². The number of para-hydroxylation sites is 3. The Hall–Kier alpha value is -5.52. The molecule has 11 aromatic rings. The van der Waals surface area contributed by atoms with Gasteiger partial charge in [0.2, 0.25) is 0 Å². The molecule has 6 aromatic carbocycles. The van der Waals surface area contributed by atoms with Crippen LogP contribution < -0.4 is 0 Å². The highest BCUT2D eigenvalue weighted by Gasteiger charge is 2.25. The zero-order valence-corrected chi connectivity index (χ0v) is 23.4. The summed E-state index contributed by atoms with van der Waals surface area (Å²) in [6.45, 7) is 0. The van der Waals surface area contributed by atoms with Crippen molar-refractivity contribution in [3.05, 3.63) is 115 Å². The molecule has 0 radical (unpaired) electrons. The van der Waals surface area contributed by atoms with Crippen LogP contribution in [0.2, 0.25) is 0 Å². The number of rotatable bonds is 1. The third kappa shape index (κ3) is 2.75. The molecular formula is C38H19N3OS. The first-order chi connectivity index (χ1) is 21.3. The fourth-order valence-corrected chi connectivity index (χ4v) is 8.28. The Kier molecular flexibility index (Phi) is 3.94. The van der Waals surface area contributed by atoms with Crippen LogP contribution in [0.15, 0.2) is 120 Å². The third-order valence-electron chi connectivity index (χ3n) is 9.10. The Balaban J connectivity index is 1.29. The molecule has 0 amide bonds. The van der Waals surface area contributed by atoms with Crippen molar-refractivity contribution in [2.45, 2.75) is 0 Å². The fourth-order valence-electron chi connectivity index (χ4n) is 7.19. The molecule has 198 valence electrons. The minimum absolute atomic E-state index is 0.862. The van der Waals surface area contributed by atoms with Crippen LogP contribution in [-0.2, 0) is 0 Å². The van der Waals surface area contributed by atoms with Crippen LogP contribution in [0.25, 0.3) is 103 Å². The summed E-state index contributed by atoms with van der Waals surface area (Å²) in [7, 11) is 0. The summed E-state index contributed by atoms with van der Waals surface area (Å²) in [5.41, 5.74) is 9.93. The highest BCUT2D eigenvalue weighted by atomic mass is 32.1. The van der Waals surface area contributed by atoms with Crippen molar-refractivity contribution in [2.24, 2.45) is 0 Å². The molecule has 0 aliphatic heterocycles. The van der Waals surface area contributed by atoms with Gasteiger partial charge in [0.25, 0.3) is 0 Å². The van der Waals surface area contributed by atoms with Crippen LogP contribution in [0.3, 0.4) is 0 Å². The molecule has 0 saturated heterocycles. The highest BCUT2D eigenvalue weighted by molar-refractivity contribution is 7.25. The van der Waals surface area contributed by atoms with Gasteiger partial charge in [-0.2, -0.15) is 0 Å². The number of aromatic nitrogens is 3. The Morgan fingerprint density at radius 2 is 1.28 bits per heavy atom. The van der Waals surface area contributed by atoms with Gasteiger partial charge in [0.15, 0.2) is 5.65 Å². The summed E-state index contributed by atoms with van der Waals surface area (Å²) < 4.78 is 11.5. The van der Waals surface area contributed by atoms with Gasteiger partial charge in [0.05, 0.1) is 27.5 Å². The van der Waals surface area contributed by atoms with E-state index in [2.05, 4.69) is 83.3 Å². The lowest BCUT2D eigenvalue weighted by molar-refractivity contribution is 0.673. The van der Waals surface area contributed by atoms with E-state index in [9.17, 15) is 0 Å². The molecule has 0 unspecified atom stereocenters. The van der Waals surface area contributed by atoms with Crippen molar-refractivity contribution in [1.82, 2.24) is 14.4 Å². The van der Waals surface area contributed by atoms with Crippen LogP contribution in [0.1, 0.15) is 0 Å². The minimum atomic E-state index is 0.862. The third-order valence-corrected chi connectivity index (χ3v) is 10.3. The number of hydrogen-bond acceptors (Lipinski definition) is 4. The number of fused-ring (bicyclic) bond motifs is 14. The van der Waals surface area contributed by atoms with E-state index in [4.69, 9.17) is 14.4 Å². The van der Waals surface area contributed by atoms with E-state index >= 15 is 0 Å². The topological polar surface area (TPSA) is 43.3 Å². The largest absolute Gasteiger partial charge is 0.455 e. The Labute approximate surface area is 247 Å². The van der Waals surface area contributed by atoms with E-state index in [1.165, 1.54) is 42.1 Å². The Morgan fingerprint density at radius 3 is 2.19 bits per heavy atom. The minimum Gasteiger partial charge on any atom is -0.455 e. The summed E-state index contributed by atoms with van der Waals surface area (Å²) in [6, 6.07) is 41.1. The zero-order chi connectivity index (χ0) is 27.8. The monoisotopic (exact) mass is 565 g/mol. The predicted octanol–water partition coefficient (Wildman–Crippen LogP) is 10.7. The number of hydrogen-bond donors (Lipinski definition) is 0. The van der Waals surface area contributed by atoms with Crippen LogP contribution in [-0.4, -0.2) is 14.4 Å². The fraction of sp³-hybridized carbons (Fsp3) is 0. The van der Waals surface area contributed by atoms with Crippen molar-refractivity contribution >= 4 is 103 Å².